The molecule has 152 valence electrons. The summed E-state index contributed by atoms with van der Waals surface area (Å²) in [6.07, 6.45) is 1.69. The number of carbonyl (C=O) groups is 1. The normalized spacial score (nSPS) is 24.3. The van der Waals surface area contributed by atoms with Crippen molar-refractivity contribution in [2.75, 3.05) is 7.11 Å². The first-order valence-electron chi connectivity index (χ1n) is 9.35. The van der Waals surface area contributed by atoms with Crippen LogP contribution in [0.15, 0.2) is 58.3 Å². The second kappa shape index (κ2) is 6.63. The average Bonchev–Trinajstić information content (AvgIpc) is 3.02. The molecule has 0 radical (unpaired) electrons. The molecule has 2 unspecified atom stereocenters. The van der Waals surface area contributed by atoms with E-state index < -0.39 is 23.7 Å². The van der Waals surface area contributed by atoms with E-state index in [1.807, 2.05) is 18.2 Å². The lowest BCUT2D eigenvalue weighted by molar-refractivity contribution is -0.158. The van der Waals surface area contributed by atoms with Crippen LogP contribution < -0.4 is 19.6 Å². The molecule has 0 amide bonds. The van der Waals surface area contributed by atoms with Gasteiger partial charge >= 0.3 is 5.97 Å². The van der Waals surface area contributed by atoms with Crippen molar-refractivity contribution in [1.29, 1.82) is 0 Å². The summed E-state index contributed by atoms with van der Waals surface area (Å²) in [5.74, 6) is -1.06. The first-order valence-corrected chi connectivity index (χ1v) is 10.2. The Bertz CT molecular complexity index is 1340. The number of halogens is 1. The van der Waals surface area contributed by atoms with Gasteiger partial charge in [-0.25, -0.2) is 9.38 Å². The van der Waals surface area contributed by atoms with E-state index in [0.29, 0.717) is 20.6 Å². The van der Waals surface area contributed by atoms with Gasteiger partial charge in [-0.2, -0.15) is 0 Å². The minimum absolute atomic E-state index is 0.263. The lowest BCUT2D eigenvalue weighted by atomic mass is 9.81. The summed E-state index contributed by atoms with van der Waals surface area (Å²) in [5, 5.41) is 0. The second-order valence-electron chi connectivity index (χ2n) is 7.37. The maximum Gasteiger partial charge on any atom is 0.317 e. The number of methoxy groups -OCH3 is 1. The van der Waals surface area contributed by atoms with E-state index >= 15 is 0 Å². The largest absolute Gasteiger partial charge is 0.469 e. The number of fused-ring (bicyclic) bond motifs is 6. The van der Waals surface area contributed by atoms with Gasteiger partial charge in [0.15, 0.2) is 4.80 Å². The van der Waals surface area contributed by atoms with Gasteiger partial charge in [-0.05, 0) is 36.8 Å². The summed E-state index contributed by atoms with van der Waals surface area (Å²) in [5.41, 5.74) is -0.0326. The standard InChI is InChI=1S/C22H17FN2O4S/c1-22-17(20(27)28-2)18(14-5-3-4-6-15(14)29-22)25-19(26)16(30-21(25)24-22)11-12-7-9-13(23)10-8-12/h3-11,17-18H,1-2H3/b16-11-/t17?,18?,22-/m1/s1. The van der Waals surface area contributed by atoms with Gasteiger partial charge in [0.2, 0.25) is 5.72 Å². The third kappa shape index (κ3) is 2.71. The van der Waals surface area contributed by atoms with Crippen LogP contribution in [0.25, 0.3) is 6.08 Å². The fourth-order valence-corrected chi connectivity index (χ4v) is 5.24. The monoisotopic (exact) mass is 424 g/mol. The first-order chi connectivity index (χ1) is 14.4. The van der Waals surface area contributed by atoms with Crippen molar-refractivity contribution in [3.8, 4) is 5.75 Å². The van der Waals surface area contributed by atoms with E-state index in [1.54, 1.807) is 35.8 Å². The molecule has 0 saturated carbocycles. The number of benzene rings is 2. The quantitative estimate of drug-likeness (QED) is 0.590. The molecule has 8 heteroatoms. The topological polar surface area (TPSA) is 69.9 Å². The lowest BCUT2D eigenvalue weighted by Crippen LogP contribution is -2.58. The number of para-hydroxylation sites is 1. The lowest BCUT2D eigenvalue weighted by Gasteiger charge is -2.44. The molecule has 0 fully saturated rings. The van der Waals surface area contributed by atoms with Crippen molar-refractivity contribution in [3.05, 3.63) is 85.2 Å². The van der Waals surface area contributed by atoms with E-state index in [-0.39, 0.29) is 11.4 Å². The van der Waals surface area contributed by atoms with E-state index in [9.17, 15) is 14.0 Å². The van der Waals surface area contributed by atoms with Crippen molar-refractivity contribution in [3.63, 3.8) is 0 Å². The van der Waals surface area contributed by atoms with Gasteiger partial charge in [0.05, 0.1) is 17.7 Å². The molecule has 3 aromatic rings. The molecule has 0 N–H and O–H groups in total. The van der Waals surface area contributed by atoms with E-state index in [4.69, 9.17) is 9.47 Å². The molecule has 30 heavy (non-hydrogen) atoms. The van der Waals surface area contributed by atoms with Crippen LogP contribution in [0.2, 0.25) is 0 Å². The molecular weight excluding hydrogens is 407 g/mol. The Kier molecular flexibility index (Phi) is 4.14. The molecule has 5 rings (SSSR count). The molecule has 2 aliphatic heterocycles. The van der Waals surface area contributed by atoms with Gasteiger partial charge in [-0.3, -0.25) is 14.2 Å². The molecular formula is C22H17FN2O4S. The molecule has 6 nitrogen and oxygen atoms in total. The Hall–Kier alpha value is -3.26. The Labute approximate surface area is 174 Å². The highest BCUT2D eigenvalue weighted by Crippen LogP contribution is 2.47. The van der Waals surface area contributed by atoms with Crippen LogP contribution in [0.1, 0.15) is 24.1 Å². The third-order valence-corrected chi connectivity index (χ3v) is 6.49. The minimum Gasteiger partial charge on any atom is -0.469 e. The highest BCUT2D eigenvalue weighted by atomic mass is 32.1. The summed E-state index contributed by atoms with van der Waals surface area (Å²) in [7, 11) is 1.31. The molecule has 0 aliphatic carbocycles. The van der Waals surface area contributed by atoms with Crippen molar-refractivity contribution >= 4 is 23.4 Å². The minimum atomic E-state index is -1.20. The predicted octanol–water partition coefficient (Wildman–Crippen LogP) is 2.00. The summed E-state index contributed by atoms with van der Waals surface area (Å²) in [4.78, 5) is 31.2. The van der Waals surface area contributed by atoms with Crippen LogP contribution in [0.3, 0.4) is 0 Å². The Morgan fingerprint density at radius 3 is 2.73 bits per heavy atom. The van der Waals surface area contributed by atoms with Gasteiger partial charge in [-0.1, -0.05) is 41.7 Å². The smallest absolute Gasteiger partial charge is 0.317 e. The number of esters is 1. The van der Waals surface area contributed by atoms with E-state index in [0.717, 1.165) is 5.56 Å². The van der Waals surface area contributed by atoms with Crippen molar-refractivity contribution in [2.45, 2.75) is 18.7 Å². The Balaban J connectivity index is 1.79. The summed E-state index contributed by atoms with van der Waals surface area (Å²) in [6.45, 7) is 1.73. The third-order valence-electron chi connectivity index (χ3n) is 5.50. The Morgan fingerprint density at radius 1 is 1.27 bits per heavy atom. The summed E-state index contributed by atoms with van der Waals surface area (Å²) >= 11 is 1.21. The number of nitrogens with zero attached hydrogens (tertiary/aromatic N) is 2. The van der Waals surface area contributed by atoms with Crippen LogP contribution in [0.4, 0.5) is 4.39 Å². The van der Waals surface area contributed by atoms with Crippen LogP contribution in [-0.2, 0) is 9.53 Å². The van der Waals surface area contributed by atoms with E-state index in [1.165, 1.54) is 30.6 Å². The zero-order valence-electron chi connectivity index (χ0n) is 16.2. The number of thiazole rings is 1. The van der Waals surface area contributed by atoms with Crippen molar-refractivity contribution < 1.29 is 18.7 Å². The molecule has 0 saturated heterocycles. The molecule has 0 spiro atoms. The second-order valence-corrected chi connectivity index (χ2v) is 8.38. The summed E-state index contributed by atoms with van der Waals surface area (Å²) in [6, 6.07) is 12.6. The summed E-state index contributed by atoms with van der Waals surface area (Å²) < 4.78 is 26.4. The zero-order valence-corrected chi connectivity index (χ0v) is 17.0. The highest BCUT2D eigenvalue weighted by Gasteiger charge is 2.55. The fourth-order valence-electron chi connectivity index (χ4n) is 4.14. The van der Waals surface area contributed by atoms with Gasteiger partial charge < -0.3 is 9.47 Å². The van der Waals surface area contributed by atoms with Crippen molar-refractivity contribution in [2.24, 2.45) is 10.9 Å². The maximum absolute atomic E-state index is 13.4. The number of ether oxygens (including phenoxy) is 2. The molecule has 2 aromatic carbocycles. The number of rotatable bonds is 2. The van der Waals surface area contributed by atoms with Crippen LogP contribution in [0, 0.1) is 11.7 Å². The Morgan fingerprint density at radius 2 is 2.00 bits per heavy atom. The number of hydrogen-bond donors (Lipinski definition) is 0. The maximum atomic E-state index is 13.4. The SMILES string of the molecule is COC(=O)C1C2c3ccccc3O[C@@]1(C)N=c1s/c(=C\c3ccc(F)cc3)c(=O)n12. The predicted molar refractivity (Wildman–Crippen MR) is 108 cm³/mol. The number of aromatic nitrogens is 1. The number of hydrogen-bond acceptors (Lipinski definition) is 6. The van der Waals surface area contributed by atoms with Gasteiger partial charge in [-0.15, -0.1) is 0 Å². The highest BCUT2D eigenvalue weighted by molar-refractivity contribution is 7.07. The first kappa shape index (κ1) is 18.7. The van der Waals surface area contributed by atoms with Crippen LogP contribution >= 0.6 is 11.3 Å². The number of carbonyl (C=O) groups excluding carboxylic acids is 1. The van der Waals surface area contributed by atoms with Crippen LogP contribution in [0.5, 0.6) is 5.75 Å². The van der Waals surface area contributed by atoms with Gasteiger partial charge in [0, 0.05) is 5.56 Å². The molecule has 2 aliphatic rings. The van der Waals surface area contributed by atoms with Gasteiger partial charge in [0.1, 0.15) is 17.5 Å². The molecule has 3 heterocycles. The zero-order chi connectivity index (χ0) is 21.0. The molecule has 3 atom stereocenters. The van der Waals surface area contributed by atoms with Crippen LogP contribution in [-0.4, -0.2) is 23.4 Å². The van der Waals surface area contributed by atoms with Gasteiger partial charge in [0.25, 0.3) is 5.56 Å². The van der Waals surface area contributed by atoms with Crippen molar-refractivity contribution in [1.82, 2.24) is 4.57 Å². The average molecular weight is 424 g/mol. The fraction of sp³-hybridized carbons (Fsp3) is 0.227. The molecule has 2 bridgehead atoms. The molecule has 1 aromatic heterocycles. The van der Waals surface area contributed by atoms with E-state index in [2.05, 4.69) is 4.99 Å².